The average molecular weight is 435 g/mol. The lowest BCUT2D eigenvalue weighted by Gasteiger charge is -2.17. The molecule has 0 atom stereocenters. The highest BCUT2D eigenvalue weighted by molar-refractivity contribution is 7.15. The molecule has 2 amide bonds. The summed E-state index contributed by atoms with van der Waals surface area (Å²) in [7, 11) is 1.72. The fraction of sp³-hybridized carbons (Fsp3) is 0.217. The van der Waals surface area contributed by atoms with Gasteiger partial charge in [-0.3, -0.25) is 9.59 Å². The first kappa shape index (κ1) is 20.7. The van der Waals surface area contributed by atoms with Crippen molar-refractivity contribution in [1.29, 1.82) is 0 Å². The molecular formula is C23H22N4O3S. The number of aromatic nitrogens is 2. The minimum Gasteiger partial charge on any atom is -0.343 e. The number of hydrogen-bond acceptors (Lipinski definition) is 6. The fourth-order valence-electron chi connectivity index (χ4n) is 3.30. The largest absolute Gasteiger partial charge is 0.343 e. The summed E-state index contributed by atoms with van der Waals surface area (Å²) in [5.41, 5.74) is 2.94. The lowest BCUT2D eigenvalue weighted by atomic mass is 10.1. The van der Waals surface area contributed by atoms with Crippen LogP contribution in [0, 0.1) is 13.8 Å². The van der Waals surface area contributed by atoms with Crippen LogP contribution < -0.4 is 5.32 Å². The zero-order chi connectivity index (χ0) is 22.0. The molecule has 1 N–H and O–H groups in total. The van der Waals surface area contributed by atoms with Crippen LogP contribution in [0.5, 0.6) is 0 Å². The highest BCUT2D eigenvalue weighted by atomic mass is 32.1. The van der Waals surface area contributed by atoms with Crippen molar-refractivity contribution < 1.29 is 14.1 Å². The molecule has 4 rings (SSSR count). The zero-order valence-electron chi connectivity index (χ0n) is 17.5. The van der Waals surface area contributed by atoms with Gasteiger partial charge in [0.25, 0.3) is 11.6 Å². The number of rotatable bonds is 6. The Kier molecular flexibility index (Phi) is 5.81. The molecule has 0 spiro atoms. The Labute approximate surface area is 183 Å². The average Bonchev–Trinajstić information content (AvgIpc) is 3.37. The standard InChI is InChI=1S/C23H22N4O3S/c1-14-9-10-19(31-14)18-11-17(21-15(2)26-30-23(21)25-18)22(29)24-12-20(28)27(3)13-16-7-5-4-6-8-16/h4-11H,12-13H2,1-3H3,(H,24,29). The van der Waals surface area contributed by atoms with Gasteiger partial charge >= 0.3 is 0 Å². The first-order valence-electron chi connectivity index (χ1n) is 9.82. The molecule has 31 heavy (non-hydrogen) atoms. The third kappa shape index (κ3) is 4.49. The smallest absolute Gasteiger partial charge is 0.259 e. The molecule has 3 aromatic heterocycles. The van der Waals surface area contributed by atoms with E-state index < -0.39 is 0 Å². The van der Waals surface area contributed by atoms with E-state index in [2.05, 4.69) is 15.5 Å². The van der Waals surface area contributed by atoms with E-state index in [0.717, 1.165) is 15.3 Å². The normalized spacial score (nSPS) is 10.9. The van der Waals surface area contributed by atoms with Crippen molar-refractivity contribution >= 4 is 34.3 Å². The maximum atomic E-state index is 13.0. The number of likely N-dealkylation sites (N-methyl/N-ethyl adjacent to an activating group) is 1. The number of fused-ring (bicyclic) bond motifs is 1. The number of hydrogen-bond donors (Lipinski definition) is 1. The fourth-order valence-corrected chi connectivity index (χ4v) is 4.13. The maximum absolute atomic E-state index is 13.0. The lowest BCUT2D eigenvalue weighted by Crippen LogP contribution is -2.37. The summed E-state index contributed by atoms with van der Waals surface area (Å²) in [6.07, 6.45) is 0. The Balaban J connectivity index is 1.53. The minimum atomic E-state index is -0.366. The van der Waals surface area contributed by atoms with E-state index >= 15 is 0 Å². The first-order valence-corrected chi connectivity index (χ1v) is 10.6. The topological polar surface area (TPSA) is 88.3 Å². The number of nitrogens with zero attached hydrogens (tertiary/aromatic N) is 3. The number of carbonyl (C=O) groups is 2. The second-order valence-electron chi connectivity index (χ2n) is 7.33. The van der Waals surface area contributed by atoms with Gasteiger partial charge < -0.3 is 14.7 Å². The predicted octanol–water partition coefficient (Wildman–Crippen LogP) is 3.96. The van der Waals surface area contributed by atoms with Gasteiger partial charge in [-0.25, -0.2) is 4.98 Å². The monoisotopic (exact) mass is 434 g/mol. The molecule has 4 aromatic rings. The molecule has 0 bridgehead atoms. The van der Waals surface area contributed by atoms with E-state index in [1.807, 2.05) is 49.4 Å². The SMILES string of the molecule is Cc1ccc(-c2cc(C(=O)NCC(=O)N(C)Cc3ccccc3)c3c(C)noc3n2)s1. The Morgan fingerprint density at radius 2 is 1.90 bits per heavy atom. The highest BCUT2D eigenvalue weighted by Crippen LogP contribution is 2.31. The van der Waals surface area contributed by atoms with Gasteiger partial charge in [-0.05, 0) is 37.6 Å². The molecule has 0 aliphatic rings. The van der Waals surface area contributed by atoms with Gasteiger partial charge in [0.15, 0.2) is 0 Å². The Morgan fingerprint density at radius 3 is 2.61 bits per heavy atom. The third-order valence-corrected chi connectivity index (χ3v) is 5.97. The van der Waals surface area contributed by atoms with Crippen molar-refractivity contribution in [1.82, 2.24) is 20.4 Å². The summed E-state index contributed by atoms with van der Waals surface area (Å²) >= 11 is 1.58. The highest BCUT2D eigenvalue weighted by Gasteiger charge is 2.21. The summed E-state index contributed by atoms with van der Waals surface area (Å²) in [5, 5.41) is 7.25. The summed E-state index contributed by atoms with van der Waals surface area (Å²) in [6.45, 7) is 4.14. The van der Waals surface area contributed by atoms with Crippen LogP contribution in [-0.4, -0.2) is 40.4 Å². The number of benzene rings is 1. The van der Waals surface area contributed by atoms with Gasteiger partial charge in [-0.2, -0.15) is 0 Å². The number of thiophene rings is 1. The van der Waals surface area contributed by atoms with Crippen molar-refractivity contribution in [2.24, 2.45) is 0 Å². The third-order valence-electron chi connectivity index (χ3n) is 4.94. The van der Waals surface area contributed by atoms with Gasteiger partial charge in [0.1, 0.15) is 0 Å². The lowest BCUT2D eigenvalue weighted by molar-refractivity contribution is -0.129. The van der Waals surface area contributed by atoms with Crippen molar-refractivity contribution in [3.8, 4) is 10.6 Å². The molecule has 0 saturated heterocycles. The predicted molar refractivity (Wildman–Crippen MR) is 120 cm³/mol. The van der Waals surface area contributed by atoms with Crippen LogP contribution in [0.2, 0.25) is 0 Å². The van der Waals surface area contributed by atoms with E-state index in [9.17, 15) is 9.59 Å². The molecule has 0 radical (unpaired) electrons. The van der Waals surface area contributed by atoms with Gasteiger partial charge in [-0.1, -0.05) is 35.5 Å². The van der Waals surface area contributed by atoms with Crippen LogP contribution in [0.25, 0.3) is 21.7 Å². The van der Waals surface area contributed by atoms with E-state index in [4.69, 9.17) is 4.52 Å². The molecule has 0 aliphatic heterocycles. The van der Waals surface area contributed by atoms with E-state index in [0.29, 0.717) is 34.6 Å². The molecule has 0 unspecified atom stereocenters. The molecule has 3 heterocycles. The van der Waals surface area contributed by atoms with Crippen LogP contribution in [0.4, 0.5) is 0 Å². The van der Waals surface area contributed by atoms with Crippen LogP contribution in [0.1, 0.15) is 26.5 Å². The second kappa shape index (κ2) is 8.69. The van der Waals surface area contributed by atoms with Crippen LogP contribution >= 0.6 is 11.3 Å². The summed E-state index contributed by atoms with van der Waals surface area (Å²) < 4.78 is 5.33. The Hall–Kier alpha value is -3.52. The molecular weight excluding hydrogens is 412 g/mol. The van der Waals surface area contributed by atoms with E-state index in [1.165, 1.54) is 0 Å². The minimum absolute atomic E-state index is 0.107. The first-order chi connectivity index (χ1) is 14.9. The van der Waals surface area contributed by atoms with Crippen LogP contribution in [0.3, 0.4) is 0 Å². The van der Waals surface area contributed by atoms with Crippen molar-refractivity contribution in [2.75, 3.05) is 13.6 Å². The number of pyridine rings is 1. The quantitative estimate of drug-likeness (QED) is 0.496. The van der Waals surface area contributed by atoms with E-state index in [-0.39, 0.29) is 18.4 Å². The molecule has 8 heteroatoms. The number of nitrogens with one attached hydrogen (secondary N) is 1. The Bertz CT molecular complexity index is 1250. The molecule has 7 nitrogen and oxygen atoms in total. The number of carbonyl (C=O) groups excluding carboxylic acids is 2. The zero-order valence-corrected chi connectivity index (χ0v) is 18.3. The van der Waals surface area contributed by atoms with Crippen LogP contribution in [-0.2, 0) is 11.3 Å². The number of amides is 2. The van der Waals surface area contributed by atoms with Gasteiger partial charge in [0.05, 0.1) is 33.8 Å². The van der Waals surface area contributed by atoms with Gasteiger partial charge in [0.2, 0.25) is 5.91 Å². The molecule has 1 aromatic carbocycles. The molecule has 0 aliphatic carbocycles. The maximum Gasteiger partial charge on any atom is 0.259 e. The summed E-state index contributed by atoms with van der Waals surface area (Å²) in [6, 6.07) is 15.4. The van der Waals surface area contributed by atoms with Crippen molar-refractivity contribution in [2.45, 2.75) is 20.4 Å². The van der Waals surface area contributed by atoms with Crippen LogP contribution in [0.15, 0.2) is 53.1 Å². The van der Waals surface area contributed by atoms with Crippen molar-refractivity contribution in [3.63, 3.8) is 0 Å². The van der Waals surface area contributed by atoms with Gasteiger partial charge in [0, 0.05) is 18.5 Å². The second-order valence-corrected chi connectivity index (χ2v) is 8.62. The van der Waals surface area contributed by atoms with Gasteiger partial charge in [-0.15, -0.1) is 11.3 Å². The molecule has 158 valence electrons. The molecule has 0 saturated carbocycles. The number of aryl methyl sites for hydroxylation is 2. The summed E-state index contributed by atoms with van der Waals surface area (Å²) in [5.74, 6) is -0.548. The Morgan fingerprint density at radius 1 is 1.13 bits per heavy atom. The molecule has 0 fully saturated rings. The van der Waals surface area contributed by atoms with E-state index in [1.54, 1.807) is 36.3 Å². The summed E-state index contributed by atoms with van der Waals surface area (Å²) in [4.78, 5) is 33.7. The van der Waals surface area contributed by atoms with Crippen molar-refractivity contribution in [3.05, 3.63) is 70.2 Å².